The predicted octanol–water partition coefficient (Wildman–Crippen LogP) is 6.86. The van der Waals surface area contributed by atoms with E-state index in [4.69, 9.17) is 33.7 Å². The summed E-state index contributed by atoms with van der Waals surface area (Å²) in [6.07, 6.45) is -8.07. The summed E-state index contributed by atoms with van der Waals surface area (Å²) >= 11 is 13.1. The van der Waals surface area contributed by atoms with E-state index in [0.717, 1.165) is 34.9 Å². The Kier molecular flexibility index (Phi) is 14.4. The molecule has 0 heterocycles. The molecule has 4 nitrogen and oxygen atoms in total. The number of carbonyl (C=O) groups excluding carboxylic acids is 1. The number of aliphatic hydroxyl groups is 1. The van der Waals surface area contributed by atoms with Gasteiger partial charge in [0.05, 0.1) is 5.75 Å². The Morgan fingerprint density at radius 3 is 2.00 bits per heavy atom. The molecule has 0 aromatic heterocycles. The number of halogens is 8. The highest BCUT2D eigenvalue weighted by Crippen LogP contribution is 2.25. The van der Waals surface area contributed by atoms with Crippen LogP contribution in [-0.4, -0.2) is 48.5 Å². The van der Waals surface area contributed by atoms with Gasteiger partial charge in [0.2, 0.25) is 5.91 Å². The molecule has 0 spiro atoms. The number of hydrogen-bond donors (Lipinski definition) is 3. The van der Waals surface area contributed by atoms with Crippen molar-refractivity contribution in [1.82, 2.24) is 5.32 Å². The lowest BCUT2D eigenvalue weighted by Crippen LogP contribution is -2.34. The minimum Gasteiger partial charge on any atom is -0.400 e. The van der Waals surface area contributed by atoms with Crippen molar-refractivity contribution in [3.05, 3.63) is 63.1 Å². The van der Waals surface area contributed by atoms with E-state index in [9.17, 15) is 31.1 Å². The molecule has 196 valence electrons. The minimum atomic E-state index is -4.43. The van der Waals surface area contributed by atoms with E-state index in [1.54, 1.807) is 30.3 Å². The standard InChI is InChI=1S/C19H17Cl2F3N2OS.C2H3F3.CH4O/c1-11-4-13(16(25)7-12-5-14(20)8-15(21)6-12)2-3-17(11)28-9-18(27)26-10-19(22,23)24;1-2(3,4)5;1-2/h2-6,8,25H,7,9-10H2,1H3,(H,26,27);1H3;2H,1H3. The molecular weight excluding hydrogens is 541 g/mol. The van der Waals surface area contributed by atoms with Crippen LogP contribution in [0.3, 0.4) is 0 Å². The molecule has 1 amide bonds. The predicted molar refractivity (Wildman–Crippen MR) is 128 cm³/mol. The van der Waals surface area contributed by atoms with Crippen LogP contribution in [0.4, 0.5) is 26.3 Å². The number of hydrogen-bond acceptors (Lipinski definition) is 4. The Morgan fingerprint density at radius 2 is 1.54 bits per heavy atom. The fraction of sp³-hybridized carbons (Fsp3) is 0.364. The second-order valence-electron chi connectivity index (χ2n) is 6.88. The normalized spacial score (nSPS) is 11.0. The summed E-state index contributed by atoms with van der Waals surface area (Å²) in [5, 5.41) is 18.1. The molecule has 0 saturated carbocycles. The van der Waals surface area contributed by atoms with Gasteiger partial charge >= 0.3 is 12.4 Å². The molecule has 0 unspecified atom stereocenters. The van der Waals surface area contributed by atoms with Crippen LogP contribution in [0, 0.1) is 12.3 Å². The van der Waals surface area contributed by atoms with Crippen LogP contribution < -0.4 is 5.32 Å². The van der Waals surface area contributed by atoms with Crippen LogP contribution in [0.2, 0.25) is 10.0 Å². The first-order chi connectivity index (χ1) is 16.0. The molecule has 13 heteroatoms. The van der Waals surface area contributed by atoms with Crippen molar-refractivity contribution in [3.8, 4) is 0 Å². The Bertz CT molecular complexity index is 959. The van der Waals surface area contributed by atoms with Gasteiger partial charge in [-0.1, -0.05) is 29.3 Å². The minimum absolute atomic E-state index is 0.116. The van der Waals surface area contributed by atoms with E-state index in [2.05, 4.69) is 0 Å². The van der Waals surface area contributed by atoms with Crippen molar-refractivity contribution in [3.63, 3.8) is 0 Å². The smallest absolute Gasteiger partial charge is 0.400 e. The largest absolute Gasteiger partial charge is 0.405 e. The van der Waals surface area contributed by atoms with Crippen LogP contribution in [0.15, 0.2) is 41.3 Å². The van der Waals surface area contributed by atoms with Crippen molar-refractivity contribution in [2.45, 2.75) is 37.5 Å². The van der Waals surface area contributed by atoms with Crippen LogP contribution in [-0.2, 0) is 11.2 Å². The first-order valence-electron chi connectivity index (χ1n) is 9.64. The number of benzene rings is 2. The summed E-state index contributed by atoms with van der Waals surface area (Å²) in [4.78, 5) is 12.3. The molecule has 35 heavy (non-hydrogen) atoms. The zero-order chi connectivity index (χ0) is 27.4. The SMILES string of the molecule is CC(F)(F)F.CO.Cc1cc(C(=N)Cc2cc(Cl)cc(Cl)c2)ccc1SCC(=O)NCC(F)(F)F. The van der Waals surface area contributed by atoms with Crippen LogP contribution in [0.25, 0.3) is 0 Å². The highest BCUT2D eigenvalue weighted by molar-refractivity contribution is 8.00. The van der Waals surface area contributed by atoms with Gasteiger partial charge in [-0.25, -0.2) is 0 Å². The Labute approximate surface area is 213 Å². The number of nitrogens with one attached hydrogen (secondary N) is 2. The molecule has 3 N–H and O–H groups in total. The maximum Gasteiger partial charge on any atom is 0.405 e. The second kappa shape index (κ2) is 15.2. The number of rotatable bonds is 7. The van der Waals surface area contributed by atoms with Gasteiger partial charge in [-0.3, -0.25) is 4.79 Å². The average Bonchev–Trinajstić information content (AvgIpc) is 2.70. The number of alkyl halides is 6. The third kappa shape index (κ3) is 16.4. The van der Waals surface area contributed by atoms with E-state index in [1.165, 1.54) is 0 Å². The first kappa shape index (κ1) is 33.1. The van der Waals surface area contributed by atoms with Crippen molar-refractivity contribution >= 4 is 46.6 Å². The number of aliphatic hydroxyl groups excluding tert-OH is 1. The van der Waals surface area contributed by atoms with E-state index in [1.807, 2.05) is 18.3 Å². The van der Waals surface area contributed by atoms with Crippen molar-refractivity contribution in [2.24, 2.45) is 0 Å². The zero-order valence-corrected chi connectivity index (χ0v) is 21.2. The molecule has 2 aromatic rings. The monoisotopic (exact) mass is 564 g/mol. The molecule has 2 aromatic carbocycles. The topological polar surface area (TPSA) is 73.2 Å². The zero-order valence-electron chi connectivity index (χ0n) is 18.9. The van der Waals surface area contributed by atoms with Crippen LogP contribution in [0.1, 0.15) is 23.6 Å². The molecule has 0 fully saturated rings. The molecule has 0 atom stereocenters. The molecular formula is C22H24Cl2F6N2O2S. The molecule has 0 bridgehead atoms. The number of thioether (sulfide) groups is 1. The van der Waals surface area contributed by atoms with Gasteiger partial charge in [-0.15, -0.1) is 11.8 Å². The summed E-state index contributed by atoms with van der Waals surface area (Å²) in [5.74, 6) is -0.800. The Balaban J connectivity index is 0.00000146. The Morgan fingerprint density at radius 1 is 1.03 bits per heavy atom. The Hall–Kier alpha value is -1.95. The van der Waals surface area contributed by atoms with E-state index in [0.29, 0.717) is 27.7 Å². The van der Waals surface area contributed by atoms with Gasteiger partial charge in [0, 0.05) is 41.1 Å². The van der Waals surface area contributed by atoms with E-state index < -0.39 is 24.8 Å². The molecule has 0 aliphatic carbocycles. The van der Waals surface area contributed by atoms with E-state index >= 15 is 0 Å². The molecule has 0 radical (unpaired) electrons. The average molecular weight is 565 g/mol. The maximum atomic E-state index is 12.1. The number of carbonyl (C=O) groups is 1. The lowest BCUT2D eigenvalue weighted by Gasteiger charge is -2.11. The summed E-state index contributed by atoms with van der Waals surface area (Å²) in [6.45, 7) is 0.672. The van der Waals surface area contributed by atoms with Crippen molar-refractivity contribution in [2.75, 3.05) is 19.4 Å². The summed E-state index contributed by atoms with van der Waals surface area (Å²) in [5.41, 5.74) is 2.74. The van der Waals surface area contributed by atoms with Gasteiger partial charge in [-0.2, -0.15) is 26.3 Å². The van der Waals surface area contributed by atoms with E-state index in [-0.39, 0.29) is 12.7 Å². The third-order valence-electron chi connectivity index (χ3n) is 3.67. The maximum absolute atomic E-state index is 12.1. The van der Waals surface area contributed by atoms with Gasteiger partial charge < -0.3 is 15.8 Å². The first-order valence-corrected chi connectivity index (χ1v) is 11.4. The second-order valence-corrected chi connectivity index (χ2v) is 8.77. The molecule has 0 aliphatic heterocycles. The fourth-order valence-electron chi connectivity index (χ4n) is 2.41. The van der Waals surface area contributed by atoms with Crippen molar-refractivity contribution in [1.29, 1.82) is 5.41 Å². The summed E-state index contributed by atoms with van der Waals surface area (Å²) in [7, 11) is 1.00. The highest BCUT2D eigenvalue weighted by atomic mass is 35.5. The molecule has 0 aliphatic rings. The van der Waals surface area contributed by atoms with Gasteiger partial charge in [-0.05, 0) is 53.9 Å². The lowest BCUT2D eigenvalue weighted by atomic mass is 10.0. The molecule has 2 rings (SSSR count). The van der Waals surface area contributed by atoms with Crippen LogP contribution in [0.5, 0.6) is 0 Å². The molecule has 0 saturated heterocycles. The number of aryl methyl sites for hydroxylation is 1. The highest BCUT2D eigenvalue weighted by Gasteiger charge is 2.27. The summed E-state index contributed by atoms with van der Waals surface area (Å²) in [6, 6.07) is 10.4. The van der Waals surface area contributed by atoms with Gasteiger partial charge in [0.1, 0.15) is 6.54 Å². The van der Waals surface area contributed by atoms with Crippen LogP contribution >= 0.6 is 35.0 Å². The third-order valence-corrected chi connectivity index (χ3v) is 5.28. The lowest BCUT2D eigenvalue weighted by molar-refractivity contribution is -0.136. The van der Waals surface area contributed by atoms with Gasteiger partial charge in [0.15, 0.2) is 0 Å². The fourth-order valence-corrected chi connectivity index (χ4v) is 3.82. The summed E-state index contributed by atoms with van der Waals surface area (Å²) < 4.78 is 67.4. The number of amides is 1. The van der Waals surface area contributed by atoms with Gasteiger partial charge in [0.25, 0.3) is 0 Å². The quantitative estimate of drug-likeness (QED) is 0.195. The van der Waals surface area contributed by atoms with Crippen molar-refractivity contribution < 1.29 is 36.2 Å².